The molecule has 0 amide bonds. The summed E-state index contributed by atoms with van der Waals surface area (Å²) in [4.78, 5) is 0. The fraction of sp³-hybridized carbons (Fsp3) is 0.455. The van der Waals surface area contributed by atoms with Crippen molar-refractivity contribution in [1.82, 2.24) is 0 Å². The van der Waals surface area contributed by atoms with Gasteiger partial charge in [-0.2, -0.15) is 0 Å². The highest BCUT2D eigenvalue weighted by Gasteiger charge is 2.16. The second-order valence-corrected chi connectivity index (χ2v) is 4.53. The van der Waals surface area contributed by atoms with Crippen LogP contribution in [-0.2, 0) is 0 Å². The molecule has 0 aliphatic carbocycles. The van der Waals surface area contributed by atoms with Crippen LogP contribution in [0.2, 0.25) is 0 Å². The Labute approximate surface area is 93.3 Å². The second-order valence-electron chi connectivity index (χ2n) is 3.61. The molecule has 1 aromatic carbocycles. The van der Waals surface area contributed by atoms with Gasteiger partial charge >= 0.3 is 0 Å². The van der Waals surface area contributed by atoms with Gasteiger partial charge in [-0.05, 0) is 24.1 Å². The lowest BCUT2D eigenvalue weighted by atomic mass is 9.93. The van der Waals surface area contributed by atoms with Gasteiger partial charge in [-0.1, -0.05) is 36.2 Å². The molecule has 78 valence electrons. The van der Waals surface area contributed by atoms with E-state index in [4.69, 9.17) is 5.73 Å². The van der Waals surface area contributed by atoms with E-state index in [1.54, 1.807) is 6.07 Å². The first-order chi connectivity index (χ1) is 6.56. The molecule has 0 spiro atoms. The van der Waals surface area contributed by atoms with Crippen LogP contribution >= 0.6 is 15.9 Å². The first-order valence-electron chi connectivity index (χ1n) is 4.80. The van der Waals surface area contributed by atoms with Gasteiger partial charge in [0.05, 0.1) is 0 Å². The third kappa shape index (κ3) is 2.49. The molecule has 0 saturated carbocycles. The fourth-order valence-electron chi connectivity index (χ4n) is 1.35. The molecule has 2 atom stereocenters. The summed E-state index contributed by atoms with van der Waals surface area (Å²) in [5.74, 6) is 0.649. The quantitative estimate of drug-likeness (QED) is 0.874. The summed E-state index contributed by atoms with van der Waals surface area (Å²) < 4.78 is 0.948. The number of hydrogen-bond acceptors (Lipinski definition) is 2. The SMILES string of the molecule is CCC(C)[C@H](N)c1cc(Br)ccc1O. The molecule has 14 heavy (non-hydrogen) atoms. The molecule has 0 aliphatic rings. The minimum Gasteiger partial charge on any atom is -0.508 e. The van der Waals surface area contributed by atoms with E-state index in [1.165, 1.54) is 0 Å². The third-order valence-corrected chi connectivity index (χ3v) is 3.10. The summed E-state index contributed by atoms with van der Waals surface area (Å²) in [6.07, 6.45) is 1.01. The molecule has 1 rings (SSSR count). The van der Waals surface area contributed by atoms with Crippen molar-refractivity contribution in [2.24, 2.45) is 11.7 Å². The molecule has 1 aromatic rings. The van der Waals surface area contributed by atoms with Crippen molar-refractivity contribution in [1.29, 1.82) is 0 Å². The van der Waals surface area contributed by atoms with Gasteiger partial charge in [0, 0.05) is 16.1 Å². The summed E-state index contributed by atoms with van der Waals surface area (Å²) in [7, 11) is 0. The van der Waals surface area contributed by atoms with Gasteiger partial charge in [0.25, 0.3) is 0 Å². The minimum absolute atomic E-state index is 0.0995. The maximum absolute atomic E-state index is 9.65. The van der Waals surface area contributed by atoms with E-state index < -0.39 is 0 Å². The van der Waals surface area contributed by atoms with Crippen molar-refractivity contribution in [2.75, 3.05) is 0 Å². The van der Waals surface area contributed by atoms with E-state index in [2.05, 4.69) is 29.8 Å². The predicted molar refractivity (Wildman–Crippen MR) is 62.2 cm³/mol. The number of halogens is 1. The maximum atomic E-state index is 9.65. The lowest BCUT2D eigenvalue weighted by molar-refractivity contribution is 0.419. The number of rotatable bonds is 3. The molecule has 0 saturated heterocycles. The summed E-state index contributed by atoms with van der Waals surface area (Å²) >= 11 is 3.37. The Balaban J connectivity index is 2.99. The van der Waals surface area contributed by atoms with E-state index in [-0.39, 0.29) is 11.8 Å². The van der Waals surface area contributed by atoms with Crippen LogP contribution in [0.15, 0.2) is 22.7 Å². The van der Waals surface area contributed by atoms with Gasteiger partial charge in [-0.15, -0.1) is 0 Å². The fourth-order valence-corrected chi connectivity index (χ4v) is 1.73. The molecule has 0 fully saturated rings. The van der Waals surface area contributed by atoms with E-state index in [9.17, 15) is 5.11 Å². The van der Waals surface area contributed by atoms with Crippen molar-refractivity contribution >= 4 is 15.9 Å². The molecular weight excluding hydrogens is 242 g/mol. The highest BCUT2D eigenvalue weighted by atomic mass is 79.9. The molecular formula is C11H16BrNO. The Morgan fingerprint density at radius 1 is 1.50 bits per heavy atom. The summed E-state index contributed by atoms with van der Waals surface area (Å²) in [6, 6.07) is 5.26. The van der Waals surface area contributed by atoms with Crippen LogP contribution in [0.3, 0.4) is 0 Å². The molecule has 0 heterocycles. The monoisotopic (exact) mass is 257 g/mol. The average molecular weight is 258 g/mol. The van der Waals surface area contributed by atoms with Crippen LogP contribution in [0.5, 0.6) is 5.75 Å². The zero-order valence-electron chi connectivity index (χ0n) is 8.50. The van der Waals surface area contributed by atoms with Crippen molar-refractivity contribution < 1.29 is 5.11 Å². The topological polar surface area (TPSA) is 46.2 Å². The molecule has 3 heteroatoms. The molecule has 2 nitrogen and oxygen atoms in total. The summed E-state index contributed by atoms with van der Waals surface area (Å²) in [5.41, 5.74) is 6.85. The number of phenolic OH excluding ortho intramolecular Hbond substituents is 1. The lowest BCUT2D eigenvalue weighted by Gasteiger charge is -2.19. The zero-order chi connectivity index (χ0) is 10.7. The second kappa shape index (κ2) is 4.80. The Bertz CT molecular complexity index is 314. The van der Waals surface area contributed by atoms with E-state index in [0.717, 1.165) is 16.5 Å². The summed E-state index contributed by atoms with van der Waals surface area (Å²) in [6.45, 7) is 4.19. The van der Waals surface area contributed by atoms with Crippen molar-refractivity contribution in [3.8, 4) is 5.75 Å². The van der Waals surface area contributed by atoms with Crippen LogP contribution in [0, 0.1) is 5.92 Å². The first kappa shape index (κ1) is 11.5. The van der Waals surface area contributed by atoms with Crippen molar-refractivity contribution in [3.63, 3.8) is 0 Å². The lowest BCUT2D eigenvalue weighted by Crippen LogP contribution is -2.18. The Morgan fingerprint density at radius 2 is 2.14 bits per heavy atom. The number of hydrogen-bond donors (Lipinski definition) is 2. The highest BCUT2D eigenvalue weighted by Crippen LogP contribution is 2.31. The van der Waals surface area contributed by atoms with Crippen LogP contribution in [0.25, 0.3) is 0 Å². The van der Waals surface area contributed by atoms with E-state index in [1.807, 2.05) is 12.1 Å². The van der Waals surface area contributed by atoms with Crippen LogP contribution in [0.4, 0.5) is 0 Å². The Kier molecular flexibility index (Phi) is 3.96. The van der Waals surface area contributed by atoms with Gasteiger partial charge in [0.15, 0.2) is 0 Å². The molecule has 3 N–H and O–H groups in total. The number of benzene rings is 1. The normalized spacial score (nSPS) is 15.1. The number of phenols is 1. The highest BCUT2D eigenvalue weighted by molar-refractivity contribution is 9.10. The third-order valence-electron chi connectivity index (χ3n) is 2.61. The average Bonchev–Trinajstić information content (AvgIpc) is 2.19. The van der Waals surface area contributed by atoms with Crippen LogP contribution in [-0.4, -0.2) is 5.11 Å². The molecule has 0 radical (unpaired) electrons. The van der Waals surface area contributed by atoms with E-state index in [0.29, 0.717) is 5.92 Å². The summed E-state index contributed by atoms with van der Waals surface area (Å²) in [5, 5.41) is 9.65. The Hall–Kier alpha value is -0.540. The molecule has 0 bridgehead atoms. The Morgan fingerprint density at radius 3 is 2.71 bits per heavy atom. The molecule has 0 aromatic heterocycles. The number of nitrogens with two attached hydrogens (primary N) is 1. The van der Waals surface area contributed by atoms with Crippen molar-refractivity contribution in [2.45, 2.75) is 26.3 Å². The van der Waals surface area contributed by atoms with Gasteiger partial charge in [0.1, 0.15) is 5.75 Å². The molecule has 1 unspecified atom stereocenters. The maximum Gasteiger partial charge on any atom is 0.120 e. The minimum atomic E-state index is -0.0995. The van der Waals surface area contributed by atoms with Crippen molar-refractivity contribution in [3.05, 3.63) is 28.2 Å². The predicted octanol–water partition coefficient (Wildman–Crippen LogP) is 3.20. The van der Waals surface area contributed by atoms with Crippen LogP contribution in [0.1, 0.15) is 31.9 Å². The van der Waals surface area contributed by atoms with Gasteiger partial charge in [-0.3, -0.25) is 0 Å². The van der Waals surface area contributed by atoms with Gasteiger partial charge in [0.2, 0.25) is 0 Å². The largest absolute Gasteiger partial charge is 0.508 e. The first-order valence-corrected chi connectivity index (χ1v) is 5.59. The standard InChI is InChI=1S/C11H16BrNO/c1-3-7(2)11(13)9-6-8(12)4-5-10(9)14/h4-7,11,14H,3,13H2,1-2H3/t7?,11-/m0/s1. The van der Waals surface area contributed by atoms with Gasteiger partial charge < -0.3 is 10.8 Å². The van der Waals surface area contributed by atoms with Crippen LogP contribution < -0.4 is 5.73 Å². The van der Waals surface area contributed by atoms with Gasteiger partial charge in [-0.25, -0.2) is 0 Å². The number of aromatic hydroxyl groups is 1. The van der Waals surface area contributed by atoms with E-state index >= 15 is 0 Å². The zero-order valence-corrected chi connectivity index (χ0v) is 10.1. The molecule has 0 aliphatic heterocycles. The smallest absolute Gasteiger partial charge is 0.120 e.